The predicted molar refractivity (Wildman–Crippen MR) is 135 cm³/mol. The summed E-state index contributed by atoms with van der Waals surface area (Å²) in [5, 5.41) is 9.73. The van der Waals surface area contributed by atoms with Crippen LogP contribution in [0.1, 0.15) is 5.56 Å². The van der Waals surface area contributed by atoms with Crippen LogP contribution in [0.2, 0.25) is 0 Å². The summed E-state index contributed by atoms with van der Waals surface area (Å²) in [7, 11) is 0. The molecule has 0 aliphatic rings. The lowest BCUT2D eigenvalue weighted by molar-refractivity contribution is 0.475. The second-order valence-corrected chi connectivity index (χ2v) is 8.16. The molecule has 5 rings (SSSR count). The third kappa shape index (κ3) is 4.19. The van der Waals surface area contributed by atoms with Crippen LogP contribution in [0.25, 0.3) is 44.5 Å². The molecule has 0 aliphatic carbocycles. The van der Waals surface area contributed by atoms with Gasteiger partial charge in [0, 0.05) is 0 Å². The summed E-state index contributed by atoms with van der Waals surface area (Å²) in [6, 6.07) is 42.0. The maximum atomic E-state index is 9.73. The van der Waals surface area contributed by atoms with Gasteiger partial charge in [0.25, 0.3) is 0 Å². The number of phenols is 1. The minimum absolute atomic E-state index is 0.277. The van der Waals surface area contributed by atoms with Crippen LogP contribution in [0.3, 0.4) is 0 Å². The summed E-state index contributed by atoms with van der Waals surface area (Å²) >= 11 is 0. The normalized spacial score (nSPS) is 10.8. The third-order valence-electron chi connectivity index (χ3n) is 5.82. The van der Waals surface area contributed by atoms with Gasteiger partial charge in [-0.25, -0.2) is 0 Å². The van der Waals surface area contributed by atoms with E-state index >= 15 is 0 Å². The Labute approximate surface area is 189 Å². The molecule has 0 radical (unpaired) electrons. The van der Waals surface area contributed by atoms with Crippen LogP contribution in [0.15, 0.2) is 121 Å². The third-order valence-corrected chi connectivity index (χ3v) is 5.82. The van der Waals surface area contributed by atoms with Crippen LogP contribution < -0.4 is 0 Å². The molecule has 1 nitrogen and oxygen atoms in total. The van der Waals surface area contributed by atoms with E-state index in [9.17, 15) is 5.11 Å². The Kier molecular flexibility index (Phi) is 5.31. The Morgan fingerprint density at radius 2 is 0.781 bits per heavy atom. The predicted octanol–water partition coefficient (Wildman–Crippen LogP) is 8.37. The molecule has 32 heavy (non-hydrogen) atoms. The van der Waals surface area contributed by atoms with Gasteiger partial charge in [0.1, 0.15) is 5.75 Å². The first-order valence-corrected chi connectivity index (χ1v) is 10.8. The number of hydrogen-bond acceptors (Lipinski definition) is 1. The second-order valence-electron chi connectivity index (χ2n) is 8.16. The Hall–Kier alpha value is -4.10. The molecule has 0 aromatic heterocycles. The highest BCUT2D eigenvalue weighted by atomic mass is 16.3. The van der Waals surface area contributed by atoms with Crippen molar-refractivity contribution in [3.63, 3.8) is 0 Å². The molecule has 1 heteroatoms. The minimum atomic E-state index is 0.277. The van der Waals surface area contributed by atoms with Crippen molar-refractivity contribution in [3.8, 4) is 50.3 Å². The fourth-order valence-electron chi connectivity index (χ4n) is 4.04. The average Bonchev–Trinajstić information content (AvgIpc) is 2.85. The van der Waals surface area contributed by atoms with Crippen LogP contribution in [0.5, 0.6) is 5.75 Å². The van der Waals surface area contributed by atoms with Crippen LogP contribution >= 0.6 is 0 Å². The van der Waals surface area contributed by atoms with Crippen molar-refractivity contribution in [3.05, 3.63) is 127 Å². The van der Waals surface area contributed by atoms with E-state index in [1.165, 1.54) is 38.9 Å². The van der Waals surface area contributed by atoms with Crippen LogP contribution in [0.4, 0.5) is 0 Å². The van der Waals surface area contributed by atoms with E-state index in [0.29, 0.717) is 0 Å². The van der Waals surface area contributed by atoms with Gasteiger partial charge in [-0.05, 0) is 87.8 Å². The van der Waals surface area contributed by atoms with E-state index < -0.39 is 0 Å². The van der Waals surface area contributed by atoms with Gasteiger partial charge >= 0.3 is 0 Å². The number of phenolic OH excluding ortho intramolecular Hbond substituents is 1. The number of aryl methyl sites for hydroxylation is 1. The topological polar surface area (TPSA) is 20.2 Å². The van der Waals surface area contributed by atoms with Crippen molar-refractivity contribution in [1.29, 1.82) is 0 Å². The quantitative estimate of drug-likeness (QED) is 0.314. The Balaban J connectivity index is 1.66. The summed E-state index contributed by atoms with van der Waals surface area (Å²) in [5.74, 6) is 0.277. The fraction of sp³-hybridized carbons (Fsp3) is 0.0323. The summed E-state index contributed by atoms with van der Waals surface area (Å²) in [4.78, 5) is 0. The Bertz CT molecular complexity index is 1280. The molecule has 0 atom stereocenters. The molecular formula is C31H24O. The molecule has 5 aromatic rings. The van der Waals surface area contributed by atoms with Crippen molar-refractivity contribution < 1.29 is 5.11 Å². The van der Waals surface area contributed by atoms with Crippen molar-refractivity contribution in [2.24, 2.45) is 0 Å². The maximum absolute atomic E-state index is 9.73. The highest BCUT2D eigenvalue weighted by molar-refractivity contribution is 5.83. The molecule has 0 spiro atoms. The monoisotopic (exact) mass is 412 g/mol. The SMILES string of the molecule is Cc1ccc(-c2cc(-c3ccc(O)cc3)cc(-c3cccc(-c4ccccc4)c3)c2)cc1. The summed E-state index contributed by atoms with van der Waals surface area (Å²) in [6.45, 7) is 2.11. The van der Waals surface area contributed by atoms with Crippen molar-refractivity contribution in [2.75, 3.05) is 0 Å². The zero-order valence-electron chi connectivity index (χ0n) is 18.0. The van der Waals surface area contributed by atoms with Gasteiger partial charge in [0.2, 0.25) is 0 Å². The standard InChI is InChI=1S/C31H24O/c1-22-10-12-24(13-11-22)28-19-29(25-14-16-31(32)17-15-25)21-30(20-28)27-9-5-8-26(18-27)23-6-3-2-4-7-23/h2-21,32H,1H3. The summed E-state index contributed by atoms with van der Waals surface area (Å²) < 4.78 is 0. The summed E-state index contributed by atoms with van der Waals surface area (Å²) in [6.07, 6.45) is 0. The highest BCUT2D eigenvalue weighted by Gasteiger charge is 2.09. The largest absolute Gasteiger partial charge is 0.508 e. The molecule has 1 N–H and O–H groups in total. The lowest BCUT2D eigenvalue weighted by Gasteiger charge is -2.13. The molecule has 0 fully saturated rings. The number of aromatic hydroxyl groups is 1. The van der Waals surface area contributed by atoms with Crippen molar-refractivity contribution in [1.82, 2.24) is 0 Å². The smallest absolute Gasteiger partial charge is 0.115 e. The fourth-order valence-corrected chi connectivity index (χ4v) is 4.04. The molecular weight excluding hydrogens is 388 g/mol. The number of rotatable bonds is 4. The van der Waals surface area contributed by atoms with Crippen molar-refractivity contribution in [2.45, 2.75) is 6.92 Å². The van der Waals surface area contributed by atoms with Gasteiger partial charge in [-0.1, -0.05) is 90.5 Å². The first kappa shape index (κ1) is 19.8. The Morgan fingerprint density at radius 1 is 0.375 bits per heavy atom. The summed E-state index contributed by atoms with van der Waals surface area (Å²) in [5.41, 5.74) is 10.6. The molecule has 0 heterocycles. The lowest BCUT2D eigenvalue weighted by Crippen LogP contribution is -1.87. The average molecular weight is 413 g/mol. The molecule has 0 bridgehead atoms. The lowest BCUT2D eigenvalue weighted by atomic mass is 9.92. The van der Waals surface area contributed by atoms with E-state index in [1.54, 1.807) is 12.1 Å². The van der Waals surface area contributed by atoms with Gasteiger partial charge in [-0.2, -0.15) is 0 Å². The Morgan fingerprint density at radius 3 is 1.38 bits per heavy atom. The molecule has 0 saturated heterocycles. The molecule has 0 saturated carbocycles. The van der Waals surface area contributed by atoms with Gasteiger partial charge < -0.3 is 5.11 Å². The zero-order chi connectivity index (χ0) is 21.9. The maximum Gasteiger partial charge on any atom is 0.115 e. The van der Waals surface area contributed by atoms with E-state index in [4.69, 9.17) is 0 Å². The van der Waals surface area contributed by atoms with Crippen LogP contribution in [0, 0.1) is 6.92 Å². The first-order chi connectivity index (χ1) is 15.7. The van der Waals surface area contributed by atoms with Gasteiger partial charge in [-0.3, -0.25) is 0 Å². The zero-order valence-corrected chi connectivity index (χ0v) is 18.0. The van der Waals surface area contributed by atoms with Gasteiger partial charge in [0.15, 0.2) is 0 Å². The van der Waals surface area contributed by atoms with Gasteiger partial charge in [0.05, 0.1) is 0 Å². The van der Waals surface area contributed by atoms with E-state index in [2.05, 4.69) is 97.9 Å². The second kappa shape index (κ2) is 8.56. The molecule has 154 valence electrons. The molecule has 0 aliphatic heterocycles. The van der Waals surface area contributed by atoms with E-state index in [-0.39, 0.29) is 5.75 Å². The first-order valence-electron chi connectivity index (χ1n) is 10.8. The van der Waals surface area contributed by atoms with Crippen LogP contribution in [-0.2, 0) is 0 Å². The number of benzene rings is 5. The van der Waals surface area contributed by atoms with Crippen molar-refractivity contribution >= 4 is 0 Å². The number of hydrogen-bond donors (Lipinski definition) is 1. The molecule has 5 aromatic carbocycles. The highest BCUT2D eigenvalue weighted by Crippen LogP contribution is 2.35. The minimum Gasteiger partial charge on any atom is -0.508 e. The van der Waals surface area contributed by atoms with E-state index in [1.807, 2.05) is 18.2 Å². The van der Waals surface area contributed by atoms with Gasteiger partial charge in [-0.15, -0.1) is 0 Å². The molecule has 0 unspecified atom stereocenters. The van der Waals surface area contributed by atoms with E-state index in [0.717, 1.165) is 11.1 Å². The molecule has 0 amide bonds. The van der Waals surface area contributed by atoms with Crippen LogP contribution in [-0.4, -0.2) is 5.11 Å².